The molecule has 0 saturated carbocycles. The number of hydrogen-bond donors (Lipinski definition) is 1. The van der Waals surface area contributed by atoms with Crippen molar-refractivity contribution in [1.82, 2.24) is 4.98 Å². The van der Waals surface area contributed by atoms with E-state index in [-0.39, 0.29) is 5.91 Å². The molecule has 0 spiro atoms. The molecule has 0 atom stereocenters. The van der Waals surface area contributed by atoms with Crippen LogP contribution in [0.5, 0.6) is 5.75 Å². The Balaban J connectivity index is 1.86. The fourth-order valence-corrected chi connectivity index (χ4v) is 2.67. The molecule has 0 aliphatic rings. The third-order valence-corrected chi connectivity index (χ3v) is 3.91. The Labute approximate surface area is 141 Å². The van der Waals surface area contributed by atoms with E-state index in [1.807, 2.05) is 42.5 Å². The van der Waals surface area contributed by atoms with Gasteiger partial charge >= 0.3 is 0 Å². The Bertz CT molecular complexity index is 849. The number of benzene rings is 2. The molecule has 1 N–H and O–H groups in total. The van der Waals surface area contributed by atoms with E-state index >= 15 is 0 Å². The van der Waals surface area contributed by atoms with E-state index in [9.17, 15) is 4.79 Å². The molecular formula is C17H13IN2O2. The smallest absolute Gasteiger partial charge is 0.255 e. The lowest BCUT2D eigenvalue weighted by molar-refractivity contribution is 0.102. The van der Waals surface area contributed by atoms with E-state index in [0.717, 1.165) is 20.2 Å². The lowest BCUT2D eigenvalue weighted by atomic mass is 10.2. The van der Waals surface area contributed by atoms with Gasteiger partial charge in [0.15, 0.2) is 0 Å². The summed E-state index contributed by atoms with van der Waals surface area (Å²) in [6, 6.07) is 15.0. The molecule has 22 heavy (non-hydrogen) atoms. The average Bonchev–Trinajstić information content (AvgIpc) is 2.54. The molecule has 1 heterocycles. The van der Waals surface area contributed by atoms with Gasteiger partial charge in [0.2, 0.25) is 0 Å². The van der Waals surface area contributed by atoms with E-state index < -0.39 is 0 Å². The molecular weight excluding hydrogens is 391 g/mol. The SMILES string of the molecule is COc1ccc2cc(NC(=O)c3cccc(I)c3)cnc2c1. The van der Waals surface area contributed by atoms with Crippen LogP contribution in [0.25, 0.3) is 10.9 Å². The van der Waals surface area contributed by atoms with Gasteiger partial charge < -0.3 is 10.1 Å². The van der Waals surface area contributed by atoms with Gasteiger partial charge in [0.05, 0.1) is 24.5 Å². The monoisotopic (exact) mass is 404 g/mol. The Morgan fingerprint density at radius 2 is 2.05 bits per heavy atom. The van der Waals surface area contributed by atoms with Crippen molar-refractivity contribution in [2.45, 2.75) is 0 Å². The topological polar surface area (TPSA) is 51.2 Å². The highest BCUT2D eigenvalue weighted by Gasteiger charge is 2.07. The van der Waals surface area contributed by atoms with Crippen molar-refractivity contribution in [3.63, 3.8) is 0 Å². The van der Waals surface area contributed by atoms with Crippen molar-refractivity contribution in [2.75, 3.05) is 12.4 Å². The van der Waals surface area contributed by atoms with Crippen LogP contribution in [0.15, 0.2) is 54.7 Å². The first-order valence-corrected chi connectivity index (χ1v) is 7.74. The quantitative estimate of drug-likeness (QED) is 0.669. The largest absolute Gasteiger partial charge is 0.497 e. The minimum atomic E-state index is -0.145. The maximum Gasteiger partial charge on any atom is 0.255 e. The molecule has 0 aliphatic heterocycles. The molecule has 3 aromatic rings. The summed E-state index contributed by atoms with van der Waals surface area (Å²) < 4.78 is 6.20. The number of halogens is 1. The van der Waals surface area contributed by atoms with Gasteiger partial charge in [-0.05, 0) is 59.0 Å². The van der Waals surface area contributed by atoms with Crippen molar-refractivity contribution in [3.8, 4) is 5.75 Å². The second-order valence-electron chi connectivity index (χ2n) is 4.75. The van der Waals surface area contributed by atoms with Crippen LogP contribution in [0.1, 0.15) is 10.4 Å². The highest BCUT2D eigenvalue weighted by atomic mass is 127. The predicted octanol–water partition coefficient (Wildman–Crippen LogP) is 4.10. The zero-order chi connectivity index (χ0) is 15.5. The fourth-order valence-electron chi connectivity index (χ4n) is 2.13. The van der Waals surface area contributed by atoms with Crippen LogP contribution in [0, 0.1) is 3.57 Å². The van der Waals surface area contributed by atoms with Gasteiger partial charge in [-0.2, -0.15) is 0 Å². The Kier molecular flexibility index (Phi) is 4.24. The summed E-state index contributed by atoms with van der Waals surface area (Å²) in [6.07, 6.45) is 1.65. The third kappa shape index (κ3) is 3.19. The summed E-state index contributed by atoms with van der Waals surface area (Å²) in [5.41, 5.74) is 2.12. The number of ether oxygens (including phenoxy) is 1. The van der Waals surface area contributed by atoms with Crippen molar-refractivity contribution in [3.05, 3.63) is 63.9 Å². The molecule has 0 bridgehead atoms. The molecule has 3 rings (SSSR count). The van der Waals surface area contributed by atoms with Gasteiger partial charge in [-0.3, -0.25) is 9.78 Å². The van der Waals surface area contributed by atoms with Gasteiger partial charge in [-0.15, -0.1) is 0 Å². The molecule has 0 radical (unpaired) electrons. The van der Waals surface area contributed by atoms with E-state index in [0.29, 0.717) is 11.3 Å². The number of nitrogens with one attached hydrogen (secondary N) is 1. The van der Waals surface area contributed by atoms with Gasteiger partial charge in [0.1, 0.15) is 5.75 Å². The number of nitrogens with zero attached hydrogens (tertiary/aromatic N) is 1. The molecule has 1 aromatic heterocycles. The summed E-state index contributed by atoms with van der Waals surface area (Å²) >= 11 is 2.18. The lowest BCUT2D eigenvalue weighted by Gasteiger charge is -2.07. The third-order valence-electron chi connectivity index (χ3n) is 3.24. The van der Waals surface area contributed by atoms with Crippen LogP contribution in [0.2, 0.25) is 0 Å². The van der Waals surface area contributed by atoms with Crippen molar-refractivity contribution < 1.29 is 9.53 Å². The van der Waals surface area contributed by atoms with Crippen LogP contribution >= 0.6 is 22.6 Å². The van der Waals surface area contributed by atoms with Gasteiger partial charge in [0, 0.05) is 20.6 Å². The van der Waals surface area contributed by atoms with Crippen LogP contribution in [-0.4, -0.2) is 18.0 Å². The van der Waals surface area contributed by atoms with Crippen LogP contribution in [0.4, 0.5) is 5.69 Å². The molecule has 0 aliphatic carbocycles. The Morgan fingerprint density at radius 1 is 1.18 bits per heavy atom. The number of carbonyl (C=O) groups excluding carboxylic acids is 1. The first-order valence-electron chi connectivity index (χ1n) is 6.66. The van der Waals surface area contributed by atoms with Crippen LogP contribution in [-0.2, 0) is 0 Å². The molecule has 2 aromatic carbocycles. The van der Waals surface area contributed by atoms with Gasteiger partial charge in [-0.25, -0.2) is 0 Å². The van der Waals surface area contributed by atoms with Crippen molar-refractivity contribution in [1.29, 1.82) is 0 Å². The lowest BCUT2D eigenvalue weighted by Crippen LogP contribution is -2.12. The zero-order valence-corrected chi connectivity index (χ0v) is 14.0. The number of carbonyl (C=O) groups is 1. The first kappa shape index (κ1) is 14.8. The minimum absolute atomic E-state index is 0.145. The number of aromatic nitrogens is 1. The van der Waals surface area contributed by atoms with E-state index in [4.69, 9.17) is 4.74 Å². The molecule has 1 amide bonds. The maximum absolute atomic E-state index is 12.2. The molecule has 110 valence electrons. The van der Waals surface area contributed by atoms with E-state index in [1.165, 1.54) is 0 Å². The maximum atomic E-state index is 12.2. The van der Waals surface area contributed by atoms with Crippen molar-refractivity contribution in [2.24, 2.45) is 0 Å². The molecule has 0 fully saturated rings. The highest BCUT2D eigenvalue weighted by molar-refractivity contribution is 14.1. The second kappa shape index (κ2) is 6.31. The normalized spacial score (nSPS) is 10.5. The zero-order valence-electron chi connectivity index (χ0n) is 11.8. The summed E-state index contributed by atoms with van der Waals surface area (Å²) in [4.78, 5) is 16.6. The highest BCUT2D eigenvalue weighted by Crippen LogP contribution is 2.22. The Morgan fingerprint density at radius 3 is 2.82 bits per heavy atom. The van der Waals surface area contributed by atoms with E-state index in [1.54, 1.807) is 19.4 Å². The molecule has 4 nitrogen and oxygen atoms in total. The van der Waals surface area contributed by atoms with Crippen LogP contribution in [0.3, 0.4) is 0 Å². The number of rotatable bonds is 3. The van der Waals surface area contributed by atoms with Crippen LogP contribution < -0.4 is 10.1 Å². The number of fused-ring (bicyclic) bond motifs is 1. The number of hydrogen-bond acceptors (Lipinski definition) is 3. The number of anilines is 1. The molecule has 0 unspecified atom stereocenters. The summed E-state index contributed by atoms with van der Waals surface area (Å²) in [7, 11) is 1.62. The van der Waals surface area contributed by atoms with Crippen molar-refractivity contribution >= 4 is 45.1 Å². The number of amides is 1. The second-order valence-corrected chi connectivity index (χ2v) is 5.99. The first-order chi connectivity index (χ1) is 10.7. The standard InChI is InChI=1S/C17H13IN2O2/c1-22-15-6-5-11-8-14(10-19-16(11)9-15)20-17(21)12-3-2-4-13(18)7-12/h2-10H,1H3,(H,20,21). The average molecular weight is 404 g/mol. The summed E-state index contributed by atoms with van der Waals surface area (Å²) in [6.45, 7) is 0. The summed E-state index contributed by atoms with van der Waals surface area (Å²) in [5.74, 6) is 0.615. The fraction of sp³-hybridized carbons (Fsp3) is 0.0588. The predicted molar refractivity (Wildman–Crippen MR) is 95.4 cm³/mol. The van der Waals surface area contributed by atoms with E-state index in [2.05, 4.69) is 32.9 Å². The van der Waals surface area contributed by atoms with Gasteiger partial charge in [0.25, 0.3) is 5.91 Å². The summed E-state index contributed by atoms with van der Waals surface area (Å²) in [5, 5.41) is 3.82. The molecule has 5 heteroatoms. The van der Waals surface area contributed by atoms with Gasteiger partial charge in [-0.1, -0.05) is 6.07 Å². The molecule has 0 saturated heterocycles. The number of pyridine rings is 1. The Hall–Kier alpha value is -2.15. The minimum Gasteiger partial charge on any atom is -0.497 e. The number of methoxy groups -OCH3 is 1.